The number of ether oxygens (including phenoxy) is 2. The Balaban J connectivity index is 2.18. The van der Waals surface area contributed by atoms with Crippen LogP contribution in [0, 0.1) is 34.5 Å². The fraction of sp³-hybridized carbons (Fsp3) is 0.294. The maximum atomic E-state index is 6.17. The summed E-state index contributed by atoms with van der Waals surface area (Å²) in [6.07, 6.45) is 0. The third kappa shape index (κ3) is 4.50. The molecule has 0 bridgehead atoms. The van der Waals surface area contributed by atoms with Crippen molar-refractivity contribution in [1.29, 1.82) is 0 Å². The molecular formula is C34H32O2S. The molecule has 0 radical (unpaired) electrons. The Labute approximate surface area is 223 Å². The third-order valence-corrected chi connectivity index (χ3v) is 7.16. The molecule has 0 spiro atoms. The average Bonchev–Trinajstić information content (AvgIpc) is 3.29. The van der Waals surface area contributed by atoms with Crippen LogP contribution in [0.5, 0.6) is 11.5 Å². The molecule has 2 nitrogen and oxygen atoms in total. The van der Waals surface area contributed by atoms with Crippen LogP contribution in [0.2, 0.25) is 0 Å². The minimum absolute atomic E-state index is 0.162. The first-order valence-electron chi connectivity index (χ1n) is 12.5. The lowest BCUT2D eigenvalue weighted by Gasteiger charge is -2.20. The molecule has 0 saturated heterocycles. The van der Waals surface area contributed by atoms with Gasteiger partial charge in [-0.15, -0.1) is 11.3 Å². The van der Waals surface area contributed by atoms with Crippen LogP contribution in [-0.2, 0) is 0 Å². The summed E-state index contributed by atoms with van der Waals surface area (Å²) in [6, 6.07) is 14.9. The third-order valence-electron chi connectivity index (χ3n) is 6.28. The van der Waals surface area contributed by atoms with E-state index in [1.54, 1.807) is 25.6 Å². The summed E-state index contributed by atoms with van der Waals surface area (Å²) < 4.78 is 13.6. The van der Waals surface area contributed by atoms with E-state index >= 15 is 0 Å². The van der Waals surface area contributed by atoms with Gasteiger partial charge in [0.25, 0.3) is 0 Å². The molecule has 0 unspecified atom stereocenters. The standard InChI is InChI=1S/C34H32O2S/c1-33(2,3)16-13-22-26-19-21-15-18-37-28(21)20-27(26)23(14-17-34(4,5)6)30-29(22)31(35-7)24-11-9-10-12-25(24)32(30)36-8/h9-12,15,18-20H,1-8H3. The van der Waals surface area contributed by atoms with Crippen molar-refractivity contribution in [3.05, 3.63) is 59.0 Å². The number of thiophene rings is 1. The summed E-state index contributed by atoms with van der Waals surface area (Å²) in [5, 5.41) is 9.43. The largest absolute Gasteiger partial charge is 0.495 e. The van der Waals surface area contributed by atoms with Gasteiger partial charge in [-0.25, -0.2) is 0 Å². The van der Waals surface area contributed by atoms with Crippen molar-refractivity contribution >= 4 is 53.7 Å². The van der Waals surface area contributed by atoms with Gasteiger partial charge < -0.3 is 9.47 Å². The van der Waals surface area contributed by atoms with Gasteiger partial charge in [0.15, 0.2) is 0 Å². The van der Waals surface area contributed by atoms with Crippen LogP contribution in [-0.4, -0.2) is 14.2 Å². The molecule has 1 aromatic heterocycles. The second-order valence-electron chi connectivity index (χ2n) is 11.5. The van der Waals surface area contributed by atoms with Crippen molar-refractivity contribution < 1.29 is 9.47 Å². The second-order valence-corrected chi connectivity index (χ2v) is 12.4. The van der Waals surface area contributed by atoms with Gasteiger partial charge in [0.1, 0.15) is 11.5 Å². The van der Waals surface area contributed by atoms with E-state index in [1.807, 2.05) is 12.1 Å². The highest BCUT2D eigenvalue weighted by Gasteiger charge is 2.24. The van der Waals surface area contributed by atoms with Gasteiger partial charge in [-0.05, 0) is 70.5 Å². The lowest BCUT2D eigenvalue weighted by atomic mass is 9.86. The van der Waals surface area contributed by atoms with Gasteiger partial charge in [-0.3, -0.25) is 0 Å². The molecular weight excluding hydrogens is 472 g/mol. The highest BCUT2D eigenvalue weighted by molar-refractivity contribution is 7.17. The van der Waals surface area contributed by atoms with Crippen molar-refractivity contribution in [2.24, 2.45) is 10.8 Å². The molecule has 0 aliphatic rings. The first-order chi connectivity index (χ1) is 17.5. The highest BCUT2D eigenvalue weighted by atomic mass is 32.1. The van der Waals surface area contributed by atoms with Crippen LogP contribution in [0.15, 0.2) is 47.8 Å². The van der Waals surface area contributed by atoms with E-state index in [0.717, 1.165) is 54.9 Å². The maximum Gasteiger partial charge on any atom is 0.136 e. The fourth-order valence-electron chi connectivity index (χ4n) is 4.73. The number of rotatable bonds is 2. The molecule has 5 rings (SSSR count). The first kappa shape index (κ1) is 25.0. The van der Waals surface area contributed by atoms with E-state index in [4.69, 9.17) is 9.47 Å². The van der Waals surface area contributed by atoms with Crippen LogP contribution < -0.4 is 9.47 Å². The predicted molar refractivity (Wildman–Crippen MR) is 160 cm³/mol. The van der Waals surface area contributed by atoms with Gasteiger partial charge in [-0.1, -0.05) is 47.9 Å². The van der Waals surface area contributed by atoms with Crippen molar-refractivity contribution in [1.82, 2.24) is 0 Å². The van der Waals surface area contributed by atoms with Crippen molar-refractivity contribution in [2.45, 2.75) is 41.5 Å². The normalized spacial score (nSPS) is 11.9. The molecule has 0 aliphatic heterocycles. The van der Waals surface area contributed by atoms with Crippen molar-refractivity contribution in [3.8, 4) is 35.2 Å². The molecule has 0 saturated carbocycles. The zero-order valence-electron chi connectivity index (χ0n) is 22.8. The van der Waals surface area contributed by atoms with E-state index in [-0.39, 0.29) is 10.8 Å². The van der Waals surface area contributed by atoms with Gasteiger partial charge in [0, 0.05) is 59.0 Å². The van der Waals surface area contributed by atoms with Gasteiger partial charge in [0.2, 0.25) is 0 Å². The topological polar surface area (TPSA) is 18.5 Å². The highest BCUT2D eigenvalue weighted by Crippen LogP contribution is 2.48. The van der Waals surface area contributed by atoms with Gasteiger partial charge >= 0.3 is 0 Å². The van der Waals surface area contributed by atoms with Gasteiger partial charge in [-0.2, -0.15) is 0 Å². The minimum Gasteiger partial charge on any atom is -0.495 e. The predicted octanol–water partition coefficient (Wildman–Crippen LogP) is 9.17. The molecule has 186 valence electrons. The Kier molecular flexibility index (Phi) is 6.10. The van der Waals surface area contributed by atoms with Crippen LogP contribution in [0.4, 0.5) is 0 Å². The first-order valence-corrected chi connectivity index (χ1v) is 13.4. The Morgan fingerprint density at radius 1 is 0.649 bits per heavy atom. The Hall–Kier alpha value is -3.66. The molecule has 3 heteroatoms. The summed E-state index contributed by atoms with van der Waals surface area (Å²) in [6.45, 7) is 12.8. The van der Waals surface area contributed by atoms with E-state index in [0.29, 0.717) is 0 Å². The van der Waals surface area contributed by atoms with Gasteiger partial charge in [0.05, 0.1) is 14.2 Å². The molecule has 1 heterocycles. The Morgan fingerprint density at radius 2 is 1.14 bits per heavy atom. The molecule has 0 fully saturated rings. The number of hydrogen-bond acceptors (Lipinski definition) is 3. The van der Waals surface area contributed by atoms with Crippen molar-refractivity contribution in [2.75, 3.05) is 14.2 Å². The van der Waals surface area contributed by atoms with E-state index in [2.05, 4.69) is 101 Å². The Morgan fingerprint density at radius 3 is 1.59 bits per heavy atom. The molecule has 0 aliphatic carbocycles. The molecule has 0 amide bonds. The van der Waals surface area contributed by atoms with Crippen LogP contribution in [0.3, 0.4) is 0 Å². The van der Waals surface area contributed by atoms with Crippen LogP contribution >= 0.6 is 11.3 Å². The van der Waals surface area contributed by atoms with E-state index < -0.39 is 0 Å². The molecule has 37 heavy (non-hydrogen) atoms. The summed E-state index contributed by atoms with van der Waals surface area (Å²) in [5.74, 6) is 15.8. The second kappa shape index (κ2) is 9.02. The smallest absolute Gasteiger partial charge is 0.136 e. The zero-order chi connectivity index (χ0) is 26.5. The number of fused-ring (bicyclic) bond motifs is 4. The van der Waals surface area contributed by atoms with Crippen molar-refractivity contribution in [3.63, 3.8) is 0 Å². The fourth-order valence-corrected chi connectivity index (χ4v) is 5.54. The Bertz CT molecular complexity index is 1690. The summed E-state index contributed by atoms with van der Waals surface area (Å²) in [4.78, 5) is 0. The molecule has 4 aromatic carbocycles. The molecule has 0 atom stereocenters. The lowest BCUT2D eigenvalue weighted by Crippen LogP contribution is -2.02. The number of benzene rings is 4. The average molecular weight is 505 g/mol. The summed E-state index contributed by atoms with van der Waals surface area (Å²) >= 11 is 1.74. The van der Waals surface area contributed by atoms with Crippen LogP contribution in [0.1, 0.15) is 52.7 Å². The maximum absolute atomic E-state index is 6.17. The summed E-state index contributed by atoms with van der Waals surface area (Å²) in [7, 11) is 3.48. The zero-order valence-corrected chi connectivity index (χ0v) is 23.7. The van der Waals surface area contributed by atoms with E-state index in [1.165, 1.54) is 10.1 Å². The number of hydrogen-bond donors (Lipinski definition) is 0. The lowest BCUT2D eigenvalue weighted by molar-refractivity contribution is 0.417. The summed E-state index contributed by atoms with van der Waals surface area (Å²) in [5.41, 5.74) is 1.59. The number of methoxy groups -OCH3 is 2. The van der Waals surface area contributed by atoms with Crippen LogP contribution in [0.25, 0.3) is 42.4 Å². The minimum atomic E-state index is -0.163. The molecule has 5 aromatic rings. The molecule has 0 N–H and O–H groups in total. The van der Waals surface area contributed by atoms with E-state index in [9.17, 15) is 0 Å². The SMILES string of the molecule is COc1c2ccccc2c(OC)c2c(C#CC(C)(C)C)c3cc4sccc4cc3c(C#CC(C)(C)C)c12. The quantitative estimate of drug-likeness (QED) is 0.176. The monoisotopic (exact) mass is 504 g/mol.